The van der Waals surface area contributed by atoms with E-state index < -0.39 is 0 Å². The molecule has 4 rings (SSSR count). The van der Waals surface area contributed by atoms with E-state index in [0.29, 0.717) is 43.3 Å². The zero-order valence-corrected chi connectivity index (χ0v) is 14.8. The van der Waals surface area contributed by atoms with Gasteiger partial charge in [-0.1, -0.05) is 6.07 Å². The zero-order chi connectivity index (χ0) is 18.6. The molecule has 3 aromatic rings. The first-order valence-corrected chi connectivity index (χ1v) is 8.97. The topological polar surface area (TPSA) is 96.8 Å². The van der Waals surface area contributed by atoms with Crippen molar-refractivity contribution < 1.29 is 4.79 Å². The molecule has 1 aliphatic rings. The third-order valence-electron chi connectivity index (χ3n) is 4.73. The van der Waals surface area contributed by atoms with E-state index in [9.17, 15) is 9.59 Å². The van der Waals surface area contributed by atoms with Crippen molar-refractivity contribution in [2.45, 2.75) is 25.3 Å². The van der Waals surface area contributed by atoms with E-state index in [-0.39, 0.29) is 17.4 Å². The molecule has 0 saturated carbocycles. The molecule has 1 N–H and O–H groups in total. The van der Waals surface area contributed by atoms with Crippen LogP contribution in [0.4, 0.5) is 0 Å². The molecular formula is C19H20N6O2. The molecule has 138 valence electrons. The van der Waals surface area contributed by atoms with Crippen LogP contribution in [0.15, 0.2) is 53.7 Å². The number of nitrogens with one attached hydrogen (secondary N) is 1. The van der Waals surface area contributed by atoms with Crippen molar-refractivity contribution in [1.82, 2.24) is 29.6 Å². The summed E-state index contributed by atoms with van der Waals surface area (Å²) >= 11 is 0. The second-order valence-electron chi connectivity index (χ2n) is 6.58. The van der Waals surface area contributed by atoms with E-state index in [2.05, 4.69) is 20.1 Å². The molecule has 27 heavy (non-hydrogen) atoms. The molecule has 1 fully saturated rings. The van der Waals surface area contributed by atoms with Gasteiger partial charge in [0.1, 0.15) is 5.82 Å². The molecule has 0 aliphatic carbocycles. The number of aromatic nitrogens is 5. The maximum Gasteiger partial charge on any atom is 0.251 e. The number of H-pyrrole nitrogens is 1. The van der Waals surface area contributed by atoms with Gasteiger partial charge in [-0.2, -0.15) is 5.10 Å². The van der Waals surface area contributed by atoms with Gasteiger partial charge in [-0.3, -0.25) is 19.3 Å². The van der Waals surface area contributed by atoms with Crippen molar-refractivity contribution in [3.63, 3.8) is 0 Å². The molecule has 1 saturated heterocycles. The molecule has 0 aromatic carbocycles. The predicted molar refractivity (Wildman–Crippen MR) is 98.9 cm³/mol. The van der Waals surface area contributed by atoms with E-state index in [0.717, 1.165) is 6.42 Å². The van der Waals surface area contributed by atoms with Gasteiger partial charge in [0, 0.05) is 56.6 Å². The van der Waals surface area contributed by atoms with Crippen molar-refractivity contribution in [3.05, 3.63) is 65.1 Å². The predicted octanol–water partition coefficient (Wildman–Crippen LogP) is 1.43. The summed E-state index contributed by atoms with van der Waals surface area (Å²) in [6.07, 6.45) is 6.41. The highest BCUT2D eigenvalue weighted by molar-refractivity contribution is 5.76. The molecule has 0 unspecified atom stereocenters. The van der Waals surface area contributed by atoms with Gasteiger partial charge in [0.05, 0.1) is 11.4 Å². The Balaban J connectivity index is 1.45. The lowest BCUT2D eigenvalue weighted by molar-refractivity contribution is -0.130. The average Bonchev–Trinajstić information content (AvgIpc) is 3.38. The Morgan fingerprint density at radius 2 is 2.15 bits per heavy atom. The number of aryl methyl sites for hydroxylation is 1. The van der Waals surface area contributed by atoms with E-state index in [4.69, 9.17) is 0 Å². The standard InChI is InChI=1S/C19H20N6O2/c26-17-12-16(15-4-1-2-7-20-15)22-19(23-17)14-5-10-24(13-14)18(27)6-11-25-9-3-8-21-25/h1-4,7-9,12,14H,5-6,10-11,13H2,(H,22,23,26)/t14-/m0/s1. The highest BCUT2D eigenvalue weighted by atomic mass is 16.2. The smallest absolute Gasteiger partial charge is 0.251 e. The van der Waals surface area contributed by atoms with Crippen molar-refractivity contribution in [1.29, 1.82) is 0 Å². The first-order chi connectivity index (χ1) is 13.2. The normalized spacial score (nSPS) is 16.6. The Hall–Kier alpha value is -3.29. The zero-order valence-electron chi connectivity index (χ0n) is 14.8. The summed E-state index contributed by atoms with van der Waals surface area (Å²) in [5, 5.41) is 4.12. The highest BCUT2D eigenvalue weighted by Crippen LogP contribution is 2.25. The number of aromatic amines is 1. The summed E-state index contributed by atoms with van der Waals surface area (Å²) in [4.78, 5) is 38.1. The van der Waals surface area contributed by atoms with Crippen LogP contribution in [0.25, 0.3) is 11.4 Å². The molecule has 0 radical (unpaired) electrons. The van der Waals surface area contributed by atoms with E-state index >= 15 is 0 Å². The van der Waals surface area contributed by atoms with E-state index in [1.807, 2.05) is 35.4 Å². The number of carbonyl (C=O) groups is 1. The summed E-state index contributed by atoms with van der Waals surface area (Å²) in [5.41, 5.74) is 1.01. The van der Waals surface area contributed by atoms with Crippen molar-refractivity contribution >= 4 is 5.91 Å². The van der Waals surface area contributed by atoms with Gasteiger partial charge in [-0.25, -0.2) is 4.98 Å². The monoisotopic (exact) mass is 364 g/mol. The first kappa shape index (κ1) is 17.1. The van der Waals surface area contributed by atoms with Gasteiger partial charge < -0.3 is 9.88 Å². The summed E-state index contributed by atoms with van der Waals surface area (Å²) in [6, 6.07) is 8.80. The second kappa shape index (κ2) is 7.53. The third-order valence-corrected chi connectivity index (χ3v) is 4.73. The van der Waals surface area contributed by atoms with Crippen LogP contribution in [-0.4, -0.2) is 48.6 Å². The molecule has 0 bridgehead atoms. The molecule has 1 amide bonds. The van der Waals surface area contributed by atoms with E-state index in [1.165, 1.54) is 6.07 Å². The van der Waals surface area contributed by atoms with Crippen LogP contribution < -0.4 is 5.56 Å². The SMILES string of the molecule is O=C(CCn1cccn1)N1CC[C@H](c2nc(-c3ccccn3)cc(=O)[nH]2)C1. The second-order valence-corrected chi connectivity index (χ2v) is 6.58. The Kier molecular flexibility index (Phi) is 4.78. The largest absolute Gasteiger partial charge is 0.342 e. The summed E-state index contributed by atoms with van der Waals surface area (Å²) in [6.45, 7) is 1.80. The average molecular weight is 364 g/mol. The summed E-state index contributed by atoms with van der Waals surface area (Å²) in [5.74, 6) is 0.733. The molecule has 8 nitrogen and oxygen atoms in total. The van der Waals surface area contributed by atoms with Crippen LogP contribution in [0.5, 0.6) is 0 Å². The number of nitrogens with zero attached hydrogens (tertiary/aromatic N) is 5. The fraction of sp³-hybridized carbons (Fsp3) is 0.316. The van der Waals surface area contributed by atoms with Gasteiger partial charge in [0.25, 0.3) is 5.56 Å². The van der Waals surface area contributed by atoms with Crippen LogP contribution in [0.1, 0.15) is 24.6 Å². The number of likely N-dealkylation sites (tertiary alicyclic amines) is 1. The minimum atomic E-state index is -0.205. The summed E-state index contributed by atoms with van der Waals surface area (Å²) in [7, 11) is 0. The molecular weight excluding hydrogens is 344 g/mol. The highest BCUT2D eigenvalue weighted by Gasteiger charge is 2.29. The minimum Gasteiger partial charge on any atom is -0.342 e. The number of rotatable bonds is 5. The number of hydrogen-bond donors (Lipinski definition) is 1. The maximum atomic E-state index is 12.5. The van der Waals surface area contributed by atoms with Gasteiger partial charge >= 0.3 is 0 Å². The quantitative estimate of drug-likeness (QED) is 0.739. The fourth-order valence-corrected chi connectivity index (χ4v) is 3.33. The molecule has 3 aromatic heterocycles. The number of amides is 1. The number of pyridine rings is 1. The molecule has 0 spiro atoms. The summed E-state index contributed by atoms with van der Waals surface area (Å²) < 4.78 is 1.75. The fourth-order valence-electron chi connectivity index (χ4n) is 3.33. The van der Waals surface area contributed by atoms with Gasteiger partial charge in [-0.05, 0) is 24.6 Å². The lowest BCUT2D eigenvalue weighted by Crippen LogP contribution is -2.29. The van der Waals surface area contributed by atoms with Crippen LogP contribution in [0.3, 0.4) is 0 Å². The molecule has 8 heteroatoms. The van der Waals surface area contributed by atoms with Crippen LogP contribution in [0.2, 0.25) is 0 Å². The van der Waals surface area contributed by atoms with Crippen LogP contribution >= 0.6 is 0 Å². The number of carbonyl (C=O) groups excluding carboxylic acids is 1. The minimum absolute atomic E-state index is 0.0232. The third kappa shape index (κ3) is 3.94. The maximum absolute atomic E-state index is 12.5. The Morgan fingerprint density at radius 3 is 2.93 bits per heavy atom. The Bertz CT molecular complexity index is 967. The van der Waals surface area contributed by atoms with E-state index in [1.54, 1.807) is 17.1 Å². The van der Waals surface area contributed by atoms with Crippen molar-refractivity contribution in [3.8, 4) is 11.4 Å². The Labute approximate surface area is 155 Å². The molecule has 4 heterocycles. The number of hydrogen-bond acceptors (Lipinski definition) is 5. The lowest BCUT2D eigenvalue weighted by atomic mass is 10.1. The van der Waals surface area contributed by atoms with Crippen molar-refractivity contribution in [2.75, 3.05) is 13.1 Å². The lowest BCUT2D eigenvalue weighted by Gasteiger charge is -2.16. The van der Waals surface area contributed by atoms with Gasteiger partial charge in [-0.15, -0.1) is 0 Å². The first-order valence-electron chi connectivity index (χ1n) is 8.97. The molecule has 1 atom stereocenters. The Morgan fingerprint density at radius 1 is 1.22 bits per heavy atom. The van der Waals surface area contributed by atoms with Crippen molar-refractivity contribution in [2.24, 2.45) is 0 Å². The van der Waals surface area contributed by atoms with Gasteiger partial charge in [0.2, 0.25) is 5.91 Å². The van der Waals surface area contributed by atoms with Gasteiger partial charge in [0.15, 0.2) is 0 Å². The van der Waals surface area contributed by atoms with Crippen LogP contribution in [-0.2, 0) is 11.3 Å². The van der Waals surface area contributed by atoms with Crippen LogP contribution in [0, 0.1) is 0 Å². The molecule has 1 aliphatic heterocycles.